The Bertz CT molecular complexity index is 1110. The van der Waals surface area contributed by atoms with Crippen LogP contribution in [0.3, 0.4) is 0 Å². The van der Waals surface area contributed by atoms with Crippen molar-refractivity contribution >= 4 is 18.0 Å². The minimum atomic E-state index is -3.33. The average Bonchev–Trinajstić information content (AvgIpc) is 3.26. The van der Waals surface area contributed by atoms with E-state index in [1.54, 1.807) is 13.8 Å². The van der Waals surface area contributed by atoms with Crippen molar-refractivity contribution < 1.29 is 33.0 Å². The van der Waals surface area contributed by atoms with Crippen LogP contribution >= 0.6 is 0 Å². The van der Waals surface area contributed by atoms with Crippen LogP contribution < -0.4 is 10.6 Å². The Hall–Kier alpha value is -3.49. The number of carboxylic acid groups (broad SMARTS) is 1. The number of hydrogen-bond donors (Lipinski definition) is 3. The third-order valence-electron chi connectivity index (χ3n) is 7.25. The molecule has 0 bridgehead atoms. The maximum atomic E-state index is 13.6. The molecule has 3 N–H and O–H groups in total. The van der Waals surface area contributed by atoms with Gasteiger partial charge in [-0.2, -0.15) is 0 Å². The largest absolute Gasteiger partial charge is 0.481 e. The predicted molar refractivity (Wildman–Crippen MR) is 124 cm³/mol. The van der Waals surface area contributed by atoms with Gasteiger partial charge in [0.05, 0.1) is 11.3 Å². The zero-order chi connectivity index (χ0) is 25.4. The van der Waals surface area contributed by atoms with Gasteiger partial charge >= 0.3 is 12.1 Å². The predicted octanol–water partition coefficient (Wildman–Crippen LogP) is 4.02. The average molecular weight is 487 g/mol. The number of hydrogen-bond acceptors (Lipinski definition) is 4. The first-order valence-electron chi connectivity index (χ1n) is 11.6. The van der Waals surface area contributed by atoms with Gasteiger partial charge in [0.1, 0.15) is 12.5 Å². The summed E-state index contributed by atoms with van der Waals surface area (Å²) in [6, 6.07) is 15.9. The Kier molecular flexibility index (Phi) is 6.53. The van der Waals surface area contributed by atoms with E-state index < -0.39 is 47.7 Å². The fourth-order valence-electron chi connectivity index (χ4n) is 4.68. The van der Waals surface area contributed by atoms with Crippen molar-refractivity contribution in [2.45, 2.75) is 32.1 Å². The number of rotatable bonds is 9. The van der Waals surface area contributed by atoms with Gasteiger partial charge in [-0.25, -0.2) is 13.6 Å². The van der Waals surface area contributed by atoms with Gasteiger partial charge in [0, 0.05) is 19.0 Å². The van der Waals surface area contributed by atoms with Crippen molar-refractivity contribution in [3.63, 3.8) is 0 Å². The minimum absolute atomic E-state index is 0.0601. The first kappa shape index (κ1) is 24.6. The number of carbonyl (C=O) groups excluding carboxylic acids is 2. The lowest BCUT2D eigenvalue weighted by atomic mass is 9.86. The second-order valence-corrected chi connectivity index (χ2v) is 9.40. The molecule has 4 rings (SSSR count). The first-order valence-corrected chi connectivity index (χ1v) is 11.6. The second kappa shape index (κ2) is 9.28. The summed E-state index contributed by atoms with van der Waals surface area (Å²) in [6.07, 6.45) is -0.356. The van der Waals surface area contributed by atoms with Crippen molar-refractivity contribution in [1.29, 1.82) is 0 Å². The maximum absolute atomic E-state index is 13.6. The lowest BCUT2D eigenvalue weighted by Crippen LogP contribution is -2.47. The molecule has 1 saturated carbocycles. The highest BCUT2D eigenvalue weighted by Gasteiger charge is 2.72. The Morgan fingerprint density at radius 3 is 2.11 bits per heavy atom. The lowest BCUT2D eigenvalue weighted by molar-refractivity contribution is -0.141. The van der Waals surface area contributed by atoms with Crippen LogP contribution in [0.4, 0.5) is 13.6 Å². The number of alkyl halides is 2. The van der Waals surface area contributed by atoms with Gasteiger partial charge in [-0.05, 0) is 35.6 Å². The first-order chi connectivity index (χ1) is 16.6. The van der Waals surface area contributed by atoms with Crippen LogP contribution in [0.15, 0.2) is 48.5 Å². The van der Waals surface area contributed by atoms with Crippen molar-refractivity contribution in [2.75, 3.05) is 19.7 Å². The van der Waals surface area contributed by atoms with Crippen molar-refractivity contribution in [3.05, 3.63) is 59.7 Å². The zero-order valence-electron chi connectivity index (χ0n) is 19.5. The van der Waals surface area contributed by atoms with Crippen LogP contribution in [0.1, 0.15) is 37.3 Å². The normalized spacial score (nSPS) is 21.3. The Morgan fingerprint density at radius 2 is 1.60 bits per heavy atom. The summed E-state index contributed by atoms with van der Waals surface area (Å²) in [6.45, 7) is 2.97. The molecule has 0 radical (unpaired) electrons. The SMILES string of the molecule is CCC(C)(CNC(=O)OCC1c2ccccc2-c2ccccc21)C(=O)NC[C@@H]1[C@H](C(=O)O)C1(F)F. The highest BCUT2D eigenvalue weighted by molar-refractivity contribution is 5.84. The highest BCUT2D eigenvalue weighted by atomic mass is 19.3. The van der Waals surface area contributed by atoms with E-state index in [2.05, 4.69) is 10.6 Å². The van der Waals surface area contributed by atoms with Crippen molar-refractivity contribution in [3.8, 4) is 11.1 Å². The van der Waals surface area contributed by atoms with E-state index in [-0.39, 0.29) is 19.1 Å². The van der Waals surface area contributed by atoms with Gasteiger partial charge in [0.25, 0.3) is 5.92 Å². The van der Waals surface area contributed by atoms with Crippen LogP contribution in [-0.4, -0.2) is 48.7 Å². The quantitative estimate of drug-likeness (QED) is 0.497. The molecule has 0 spiro atoms. The number of carboxylic acids is 1. The van der Waals surface area contributed by atoms with Crippen LogP contribution in [0.25, 0.3) is 11.1 Å². The van der Waals surface area contributed by atoms with Gasteiger partial charge in [-0.15, -0.1) is 0 Å². The molecule has 7 nitrogen and oxygen atoms in total. The molecule has 1 fully saturated rings. The smallest absolute Gasteiger partial charge is 0.407 e. The summed E-state index contributed by atoms with van der Waals surface area (Å²) in [7, 11) is 0. The van der Waals surface area contributed by atoms with E-state index in [1.165, 1.54) is 0 Å². The molecule has 2 aliphatic rings. The van der Waals surface area contributed by atoms with Crippen LogP contribution in [0.2, 0.25) is 0 Å². The van der Waals surface area contributed by atoms with E-state index in [0.29, 0.717) is 6.42 Å². The van der Waals surface area contributed by atoms with E-state index in [0.717, 1.165) is 22.3 Å². The third kappa shape index (κ3) is 4.59. The molecular formula is C26H28F2N2O5. The molecule has 0 heterocycles. The molecule has 2 aromatic carbocycles. The van der Waals surface area contributed by atoms with E-state index in [1.807, 2.05) is 48.5 Å². The fourth-order valence-corrected chi connectivity index (χ4v) is 4.68. The molecule has 186 valence electrons. The van der Waals surface area contributed by atoms with Crippen molar-refractivity contribution in [1.82, 2.24) is 10.6 Å². The van der Waals surface area contributed by atoms with Gasteiger partial charge in [-0.1, -0.05) is 55.5 Å². The zero-order valence-corrected chi connectivity index (χ0v) is 19.5. The molecule has 9 heteroatoms. The molecule has 1 unspecified atom stereocenters. The highest BCUT2D eigenvalue weighted by Crippen LogP contribution is 2.55. The number of benzene rings is 2. The summed E-state index contributed by atoms with van der Waals surface area (Å²) < 4.78 is 32.7. The summed E-state index contributed by atoms with van der Waals surface area (Å²) in [5.41, 5.74) is 3.30. The Morgan fingerprint density at radius 1 is 1.03 bits per heavy atom. The van der Waals surface area contributed by atoms with Crippen LogP contribution in [0.5, 0.6) is 0 Å². The topological polar surface area (TPSA) is 105 Å². The molecule has 0 saturated heterocycles. The molecule has 0 aromatic heterocycles. The molecule has 2 aliphatic carbocycles. The van der Waals surface area contributed by atoms with Gasteiger partial charge in [-0.3, -0.25) is 9.59 Å². The lowest BCUT2D eigenvalue weighted by Gasteiger charge is -2.27. The number of fused-ring (bicyclic) bond motifs is 3. The molecular weight excluding hydrogens is 458 g/mol. The third-order valence-corrected chi connectivity index (χ3v) is 7.25. The van der Waals surface area contributed by atoms with E-state index in [4.69, 9.17) is 9.84 Å². The minimum Gasteiger partial charge on any atom is -0.481 e. The number of nitrogens with one attached hydrogen (secondary N) is 2. The second-order valence-electron chi connectivity index (χ2n) is 9.40. The fraction of sp³-hybridized carbons (Fsp3) is 0.423. The Balaban J connectivity index is 1.31. The van der Waals surface area contributed by atoms with Crippen molar-refractivity contribution in [2.24, 2.45) is 17.3 Å². The molecule has 3 atom stereocenters. The number of aliphatic carboxylic acids is 1. The molecule has 2 aromatic rings. The van der Waals surface area contributed by atoms with Gasteiger partial charge in [0.2, 0.25) is 5.91 Å². The van der Waals surface area contributed by atoms with Crippen LogP contribution in [-0.2, 0) is 14.3 Å². The number of halogens is 2. The number of amides is 2. The van der Waals surface area contributed by atoms with Gasteiger partial charge < -0.3 is 20.5 Å². The number of alkyl carbamates (subject to hydrolysis) is 1. The number of ether oxygens (including phenoxy) is 1. The summed E-state index contributed by atoms with van der Waals surface area (Å²) in [4.78, 5) is 36.0. The molecule has 0 aliphatic heterocycles. The summed E-state index contributed by atoms with van der Waals surface area (Å²) >= 11 is 0. The van der Waals surface area contributed by atoms with E-state index in [9.17, 15) is 23.2 Å². The summed E-state index contributed by atoms with van der Waals surface area (Å²) in [5.74, 6) is -8.76. The number of carbonyl (C=O) groups is 3. The summed E-state index contributed by atoms with van der Waals surface area (Å²) in [5, 5.41) is 13.9. The maximum Gasteiger partial charge on any atom is 0.407 e. The standard InChI is InChI=1S/C26H28F2N2O5/c1-3-25(2,23(33)29-12-20-21(22(31)32)26(20,27)28)14-30-24(34)35-13-19-17-10-6-4-8-15(17)16-9-5-7-11-18(16)19/h4-11,19-21H,3,12-14H2,1-2H3,(H,29,33)(H,30,34)(H,31,32)/t20-,21-,25?/m1/s1. The van der Waals surface area contributed by atoms with Gasteiger partial charge in [0.15, 0.2) is 0 Å². The Labute approximate surface area is 201 Å². The molecule has 35 heavy (non-hydrogen) atoms. The van der Waals surface area contributed by atoms with E-state index >= 15 is 0 Å². The monoisotopic (exact) mass is 486 g/mol. The van der Waals surface area contributed by atoms with Crippen LogP contribution in [0, 0.1) is 17.3 Å². The molecule has 2 amide bonds.